The Bertz CT molecular complexity index is 692. The molecule has 0 aliphatic carbocycles. The van der Waals surface area contributed by atoms with Crippen LogP contribution in [-0.2, 0) is 16.0 Å². The zero-order valence-electron chi connectivity index (χ0n) is 17.8. The number of hydrogen-bond acceptors (Lipinski definition) is 5. The first-order valence-corrected chi connectivity index (χ1v) is 11.8. The number of urea groups is 1. The van der Waals surface area contributed by atoms with E-state index in [1.165, 1.54) is 4.90 Å². The number of benzene rings is 1. The summed E-state index contributed by atoms with van der Waals surface area (Å²) in [6.45, 7) is 5.27. The van der Waals surface area contributed by atoms with Crippen molar-refractivity contribution in [2.45, 2.75) is 37.8 Å². The van der Waals surface area contributed by atoms with Crippen LogP contribution >= 0.6 is 11.8 Å². The van der Waals surface area contributed by atoms with Crippen molar-refractivity contribution in [1.82, 2.24) is 14.7 Å². The van der Waals surface area contributed by atoms with E-state index >= 15 is 0 Å². The predicted octanol–water partition coefficient (Wildman–Crippen LogP) is 2.73. The lowest BCUT2D eigenvalue weighted by Crippen LogP contribution is -2.58. The lowest BCUT2D eigenvalue weighted by atomic mass is 9.85. The number of hydrogen-bond donors (Lipinski definition) is 0. The summed E-state index contributed by atoms with van der Waals surface area (Å²) in [5.74, 6) is 1.06. The molecule has 0 unspecified atom stereocenters. The molecule has 3 rings (SSSR count). The first-order valence-electron chi connectivity index (χ1n) is 10.4. The zero-order valence-corrected chi connectivity index (χ0v) is 18.6. The van der Waals surface area contributed by atoms with Gasteiger partial charge in [0.25, 0.3) is 5.91 Å². The molecule has 0 aromatic heterocycles. The Morgan fingerprint density at radius 3 is 2.45 bits per heavy atom. The number of carbonyl (C=O) groups is 2. The van der Waals surface area contributed by atoms with Crippen LogP contribution < -0.4 is 0 Å². The number of thioether (sulfide) groups is 1. The minimum Gasteiger partial charge on any atom is -0.383 e. The summed E-state index contributed by atoms with van der Waals surface area (Å²) in [4.78, 5) is 32.4. The zero-order chi connectivity index (χ0) is 20.9. The number of likely N-dealkylation sites (tertiary alicyclic amines) is 1. The van der Waals surface area contributed by atoms with Crippen molar-refractivity contribution in [3.63, 3.8) is 0 Å². The fourth-order valence-corrected chi connectivity index (χ4v) is 5.22. The van der Waals surface area contributed by atoms with Gasteiger partial charge in [-0.1, -0.05) is 30.3 Å². The molecule has 6 nitrogen and oxygen atoms in total. The topological polar surface area (TPSA) is 53.1 Å². The molecule has 1 aromatic rings. The Morgan fingerprint density at radius 1 is 1.14 bits per heavy atom. The highest BCUT2D eigenvalue weighted by molar-refractivity contribution is 7.98. The van der Waals surface area contributed by atoms with Crippen molar-refractivity contribution >= 4 is 23.7 Å². The number of methoxy groups -OCH3 is 1. The molecule has 2 aliphatic rings. The number of carbonyl (C=O) groups excluding carboxylic acids is 2. The van der Waals surface area contributed by atoms with Crippen LogP contribution in [0, 0.1) is 0 Å². The fourth-order valence-electron chi connectivity index (χ4n) is 4.52. The summed E-state index contributed by atoms with van der Waals surface area (Å²) in [7, 11) is 1.63. The SMILES string of the molecule is COCCN1C(=O)N(CCc2ccccc2)C(=O)C12CCN([C@H](C)CSC)CC2. The molecule has 1 atom stereocenters. The average molecular weight is 420 g/mol. The van der Waals surface area contributed by atoms with Crippen molar-refractivity contribution in [2.75, 3.05) is 51.9 Å². The molecular formula is C22H33N3O3S. The number of ether oxygens (including phenoxy) is 1. The molecule has 0 N–H and O–H groups in total. The highest BCUT2D eigenvalue weighted by Gasteiger charge is 2.57. The van der Waals surface area contributed by atoms with Crippen LogP contribution in [0.25, 0.3) is 0 Å². The van der Waals surface area contributed by atoms with E-state index in [2.05, 4.69) is 18.1 Å². The summed E-state index contributed by atoms with van der Waals surface area (Å²) in [6, 6.07) is 10.3. The van der Waals surface area contributed by atoms with Gasteiger partial charge in [-0.2, -0.15) is 11.8 Å². The van der Waals surface area contributed by atoms with Gasteiger partial charge in [-0.3, -0.25) is 14.6 Å². The molecular weight excluding hydrogens is 386 g/mol. The quantitative estimate of drug-likeness (QED) is 0.576. The van der Waals surface area contributed by atoms with Crippen molar-refractivity contribution in [2.24, 2.45) is 0 Å². The molecule has 0 bridgehead atoms. The second-order valence-corrected chi connectivity index (χ2v) is 8.90. The molecule has 2 aliphatic heterocycles. The van der Waals surface area contributed by atoms with Crippen LogP contribution in [-0.4, -0.2) is 90.1 Å². The highest BCUT2D eigenvalue weighted by atomic mass is 32.2. The van der Waals surface area contributed by atoms with Gasteiger partial charge in [-0.25, -0.2) is 4.79 Å². The smallest absolute Gasteiger partial charge is 0.327 e. The fraction of sp³-hybridized carbons (Fsp3) is 0.636. The molecule has 2 fully saturated rings. The van der Waals surface area contributed by atoms with Gasteiger partial charge < -0.3 is 9.64 Å². The van der Waals surface area contributed by atoms with E-state index in [1.54, 1.807) is 12.0 Å². The number of nitrogens with zero attached hydrogens (tertiary/aromatic N) is 3. The minimum absolute atomic E-state index is 0.0216. The van der Waals surface area contributed by atoms with Gasteiger partial charge in [0.05, 0.1) is 6.61 Å². The first kappa shape index (κ1) is 22.1. The lowest BCUT2D eigenvalue weighted by molar-refractivity contribution is -0.136. The van der Waals surface area contributed by atoms with Crippen LogP contribution in [0.4, 0.5) is 4.79 Å². The Hall–Kier alpha value is -1.57. The second kappa shape index (κ2) is 9.96. The Morgan fingerprint density at radius 2 is 1.83 bits per heavy atom. The summed E-state index contributed by atoms with van der Waals surface area (Å²) < 4.78 is 5.24. The van der Waals surface area contributed by atoms with E-state index in [4.69, 9.17) is 4.74 Å². The second-order valence-electron chi connectivity index (χ2n) is 7.99. The summed E-state index contributed by atoms with van der Waals surface area (Å²) >= 11 is 1.85. The van der Waals surface area contributed by atoms with Gasteiger partial charge in [-0.05, 0) is 38.0 Å². The van der Waals surface area contributed by atoms with E-state index in [9.17, 15) is 9.59 Å². The normalized spacial score (nSPS) is 20.7. The Kier molecular flexibility index (Phi) is 7.60. The third-order valence-electron chi connectivity index (χ3n) is 6.26. The van der Waals surface area contributed by atoms with Crippen LogP contribution in [0.2, 0.25) is 0 Å². The van der Waals surface area contributed by atoms with Gasteiger partial charge in [0.1, 0.15) is 5.54 Å². The number of imide groups is 1. The largest absolute Gasteiger partial charge is 0.383 e. The minimum atomic E-state index is -0.706. The molecule has 29 heavy (non-hydrogen) atoms. The number of piperidine rings is 1. The molecule has 160 valence electrons. The standard InChI is InChI=1S/C22H33N3O3S/c1-18(17-29-3)23-13-10-22(11-14-23)20(26)24(21(27)25(22)15-16-28-2)12-9-19-7-5-4-6-8-19/h4-8,18H,9-17H2,1-3H3/t18-/m1/s1. The van der Waals surface area contributed by atoms with Crippen molar-refractivity contribution in [1.29, 1.82) is 0 Å². The Labute approximate surface area is 178 Å². The summed E-state index contributed by atoms with van der Waals surface area (Å²) in [5, 5.41) is 0. The van der Waals surface area contributed by atoms with Gasteiger partial charge >= 0.3 is 6.03 Å². The highest BCUT2D eigenvalue weighted by Crippen LogP contribution is 2.37. The van der Waals surface area contributed by atoms with Crippen molar-refractivity contribution in [3.05, 3.63) is 35.9 Å². The predicted molar refractivity (Wildman–Crippen MR) is 117 cm³/mol. The first-order chi connectivity index (χ1) is 14.0. The van der Waals surface area contributed by atoms with Crippen LogP contribution in [0.5, 0.6) is 0 Å². The molecule has 1 spiro atoms. The summed E-state index contributed by atoms with van der Waals surface area (Å²) in [5.41, 5.74) is 0.431. The van der Waals surface area contributed by atoms with Crippen molar-refractivity contribution in [3.8, 4) is 0 Å². The van der Waals surface area contributed by atoms with Gasteiger partial charge in [0.2, 0.25) is 0 Å². The molecule has 3 amide bonds. The van der Waals surface area contributed by atoms with Crippen LogP contribution in [0.15, 0.2) is 30.3 Å². The third kappa shape index (κ3) is 4.62. The lowest BCUT2D eigenvalue weighted by Gasteiger charge is -2.44. The molecule has 0 saturated carbocycles. The van der Waals surface area contributed by atoms with Crippen LogP contribution in [0.3, 0.4) is 0 Å². The molecule has 0 radical (unpaired) electrons. The molecule has 2 saturated heterocycles. The molecule has 1 aromatic carbocycles. The number of amides is 3. The van der Waals surface area contributed by atoms with Crippen LogP contribution in [0.1, 0.15) is 25.3 Å². The Balaban J connectivity index is 1.74. The average Bonchev–Trinajstić information content (AvgIpc) is 2.92. The van der Waals surface area contributed by atoms with Crippen molar-refractivity contribution < 1.29 is 14.3 Å². The van der Waals surface area contributed by atoms with E-state index in [1.807, 2.05) is 42.1 Å². The van der Waals surface area contributed by atoms with E-state index in [0.29, 0.717) is 45.0 Å². The maximum atomic E-state index is 13.5. The maximum absolute atomic E-state index is 13.5. The number of rotatable bonds is 9. The third-order valence-corrected chi connectivity index (χ3v) is 7.08. The maximum Gasteiger partial charge on any atom is 0.327 e. The van der Waals surface area contributed by atoms with Gasteiger partial charge in [0, 0.05) is 45.1 Å². The van der Waals surface area contributed by atoms with Gasteiger partial charge in [-0.15, -0.1) is 0 Å². The van der Waals surface area contributed by atoms with Gasteiger partial charge in [0.15, 0.2) is 0 Å². The van der Waals surface area contributed by atoms with E-state index in [-0.39, 0.29) is 11.9 Å². The molecule has 7 heteroatoms. The van der Waals surface area contributed by atoms with E-state index < -0.39 is 5.54 Å². The monoisotopic (exact) mass is 419 g/mol. The molecule has 2 heterocycles. The summed E-state index contributed by atoms with van der Waals surface area (Å²) in [6.07, 6.45) is 4.20. The van der Waals surface area contributed by atoms with E-state index in [0.717, 1.165) is 24.4 Å².